The van der Waals surface area contributed by atoms with Gasteiger partial charge in [-0.15, -0.1) is 0 Å². The first-order valence-corrected chi connectivity index (χ1v) is 5.22. The third kappa shape index (κ3) is 1.91. The van der Waals surface area contributed by atoms with Gasteiger partial charge in [0, 0.05) is 7.05 Å². The third-order valence-corrected chi connectivity index (χ3v) is 2.79. The van der Waals surface area contributed by atoms with Crippen molar-refractivity contribution in [2.24, 2.45) is 7.05 Å². The van der Waals surface area contributed by atoms with E-state index in [0.717, 1.165) is 5.56 Å². The van der Waals surface area contributed by atoms with Crippen LogP contribution < -0.4 is 5.69 Å². The first kappa shape index (κ1) is 10.7. The molecule has 4 nitrogen and oxygen atoms in total. The summed E-state index contributed by atoms with van der Waals surface area (Å²) in [5.74, 6) is 0. The standard InChI is InChI=1S/C12H15N3O/c1-9-4-5-11(6-10(9)2)7-15-12(16)14(3)8-13-15/h4-6,8H,7H2,1-3H3. The summed E-state index contributed by atoms with van der Waals surface area (Å²) in [6.45, 7) is 4.67. The van der Waals surface area contributed by atoms with Crippen LogP contribution in [0.5, 0.6) is 0 Å². The van der Waals surface area contributed by atoms with Gasteiger partial charge in [0.05, 0.1) is 6.54 Å². The quantitative estimate of drug-likeness (QED) is 0.759. The number of benzene rings is 1. The first-order valence-electron chi connectivity index (χ1n) is 5.22. The summed E-state index contributed by atoms with van der Waals surface area (Å²) < 4.78 is 2.94. The van der Waals surface area contributed by atoms with Crippen LogP contribution in [-0.4, -0.2) is 14.3 Å². The maximum atomic E-state index is 11.6. The molecule has 0 amide bonds. The zero-order valence-corrected chi connectivity index (χ0v) is 9.77. The molecule has 0 radical (unpaired) electrons. The highest BCUT2D eigenvalue weighted by molar-refractivity contribution is 5.29. The van der Waals surface area contributed by atoms with Crippen LogP contribution in [-0.2, 0) is 13.6 Å². The predicted molar refractivity (Wildman–Crippen MR) is 62.5 cm³/mol. The fourth-order valence-corrected chi connectivity index (χ4v) is 1.60. The van der Waals surface area contributed by atoms with E-state index in [9.17, 15) is 4.79 Å². The average Bonchev–Trinajstić information content (AvgIpc) is 2.55. The second kappa shape index (κ2) is 3.96. The summed E-state index contributed by atoms with van der Waals surface area (Å²) in [6.07, 6.45) is 1.53. The molecule has 1 aromatic heterocycles. The van der Waals surface area contributed by atoms with E-state index in [1.165, 1.54) is 26.7 Å². The van der Waals surface area contributed by atoms with Gasteiger partial charge in [-0.2, -0.15) is 5.10 Å². The van der Waals surface area contributed by atoms with Gasteiger partial charge in [-0.25, -0.2) is 9.48 Å². The Bertz CT molecular complexity index is 566. The Labute approximate surface area is 94.1 Å². The number of aromatic nitrogens is 3. The molecule has 0 saturated heterocycles. The predicted octanol–water partition coefficient (Wildman–Crippen LogP) is 1.25. The lowest BCUT2D eigenvalue weighted by atomic mass is 10.1. The van der Waals surface area contributed by atoms with Gasteiger partial charge < -0.3 is 0 Å². The lowest BCUT2D eigenvalue weighted by molar-refractivity contribution is 0.646. The Morgan fingerprint density at radius 2 is 2.00 bits per heavy atom. The van der Waals surface area contributed by atoms with Crippen LogP contribution >= 0.6 is 0 Å². The smallest absolute Gasteiger partial charge is 0.285 e. The van der Waals surface area contributed by atoms with Gasteiger partial charge in [0.1, 0.15) is 6.33 Å². The SMILES string of the molecule is Cc1ccc(Cn2ncn(C)c2=O)cc1C. The summed E-state index contributed by atoms with van der Waals surface area (Å²) >= 11 is 0. The molecule has 16 heavy (non-hydrogen) atoms. The van der Waals surface area contributed by atoms with Gasteiger partial charge >= 0.3 is 5.69 Å². The number of aryl methyl sites for hydroxylation is 3. The van der Waals surface area contributed by atoms with E-state index >= 15 is 0 Å². The summed E-state index contributed by atoms with van der Waals surface area (Å²) in [5.41, 5.74) is 3.51. The molecule has 0 bridgehead atoms. The lowest BCUT2D eigenvalue weighted by Gasteiger charge is -2.04. The molecule has 0 fully saturated rings. The molecule has 0 spiro atoms. The number of rotatable bonds is 2. The maximum absolute atomic E-state index is 11.6. The number of nitrogens with zero attached hydrogens (tertiary/aromatic N) is 3. The zero-order valence-electron chi connectivity index (χ0n) is 9.77. The second-order valence-electron chi connectivity index (χ2n) is 4.10. The molecular formula is C12H15N3O. The van der Waals surface area contributed by atoms with Gasteiger partial charge in [-0.05, 0) is 30.5 Å². The minimum Gasteiger partial charge on any atom is -0.285 e. The number of hydrogen-bond donors (Lipinski definition) is 0. The summed E-state index contributed by atoms with van der Waals surface area (Å²) in [5, 5.41) is 4.03. The molecule has 1 aromatic carbocycles. The van der Waals surface area contributed by atoms with Crippen molar-refractivity contribution in [3.63, 3.8) is 0 Å². The van der Waals surface area contributed by atoms with Crippen molar-refractivity contribution in [1.29, 1.82) is 0 Å². The van der Waals surface area contributed by atoms with Crippen LogP contribution in [0.1, 0.15) is 16.7 Å². The molecule has 1 heterocycles. The van der Waals surface area contributed by atoms with Crippen LogP contribution in [0.4, 0.5) is 0 Å². The normalized spacial score (nSPS) is 10.7. The maximum Gasteiger partial charge on any atom is 0.345 e. The van der Waals surface area contributed by atoms with Crippen molar-refractivity contribution in [3.8, 4) is 0 Å². The van der Waals surface area contributed by atoms with Crippen molar-refractivity contribution in [3.05, 3.63) is 51.7 Å². The Morgan fingerprint density at radius 3 is 2.56 bits per heavy atom. The Balaban J connectivity index is 2.31. The molecule has 84 valence electrons. The van der Waals surface area contributed by atoms with Crippen LogP contribution in [0, 0.1) is 13.8 Å². The molecule has 0 saturated carbocycles. The van der Waals surface area contributed by atoms with Crippen molar-refractivity contribution >= 4 is 0 Å². The highest BCUT2D eigenvalue weighted by Gasteiger charge is 2.03. The minimum absolute atomic E-state index is 0.0850. The topological polar surface area (TPSA) is 39.8 Å². The van der Waals surface area contributed by atoms with E-state index in [-0.39, 0.29) is 5.69 Å². The highest BCUT2D eigenvalue weighted by Crippen LogP contribution is 2.10. The lowest BCUT2D eigenvalue weighted by Crippen LogP contribution is -2.23. The molecular weight excluding hydrogens is 202 g/mol. The van der Waals surface area contributed by atoms with Crippen molar-refractivity contribution in [1.82, 2.24) is 14.3 Å². The van der Waals surface area contributed by atoms with Crippen LogP contribution in [0.15, 0.2) is 29.3 Å². The molecule has 0 aliphatic carbocycles. The van der Waals surface area contributed by atoms with Crippen molar-refractivity contribution < 1.29 is 0 Å². The molecule has 4 heteroatoms. The summed E-state index contributed by atoms with van der Waals surface area (Å²) in [4.78, 5) is 11.6. The summed E-state index contributed by atoms with van der Waals surface area (Å²) in [7, 11) is 1.70. The van der Waals surface area contributed by atoms with E-state index in [0.29, 0.717) is 6.54 Å². The minimum atomic E-state index is -0.0850. The molecule has 0 aliphatic rings. The van der Waals surface area contributed by atoms with Crippen LogP contribution in [0.25, 0.3) is 0 Å². The fraction of sp³-hybridized carbons (Fsp3) is 0.333. The molecule has 2 rings (SSSR count). The Morgan fingerprint density at radius 1 is 1.25 bits per heavy atom. The van der Waals surface area contributed by atoms with Crippen LogP contribution in [0.2, 0.25) is 0 Å². The average molecular weight is 217 g/mol. The molecule has 0 atom stereocenters. The fourth-order valence-electron chi connectivity index (χ4n) is 1.60. The first-order chi connectivity index (χ1) is 7.58. The summed E-state index contributed by atoms with van der Waals surface area (Å²) in [6, 6.07) is 6.19. The molecule has 0 N–H and O–H groups in total. The van der Waals surface area contributed by atoms with E-state index in [4.69, 9.17) is 0 Å². The van der Waals surface area contributed by atoms with Gasteiger partial charge in [0.2, 0.25) is 0 Å². The number of hydrogen-bond acceptors (Lipinski definition) is 2. The van der Waals surface area contributed by atoms with Gasteiger partial charge in [-0.1, -0.05) is 18.2 Å². The van der Waals surface area contributed by atoms with Gasteiger partial charge in [-0.3, -0.25) is 4.57 Å². The monoisotopic (exact) mass is 217 g/mol. The van der Waals surface area contributed by atoms with E-state index < -0.39 is 0 Å². The van der Waals surface area contributed by atoms with E-state index in [1.807, 2.05) is 6.07 Å². The molecule has 0 aliphatic heterocycles. The Hall–Kier alpha value is -1.84. The molecule has 2 aromatic rings. The highest BCUT2D eigenvalue weighted by atomic mass is 16.2. The zero-order chi connectivity index (χ0) is 11.7. The van der Waals surface area contributed by atoms with Crippen molar-refractivity contribution in [2.75, 3.05) is 0 Å². The van der Waals surface area contributed by atoms with Gasteiger partial charge in [0.25, 0.3) is 0 Å². The third-order valence-electron chi connectivity index (χ3n) is 2.79. The van der Waals surface area contributed by atoms with Crippen LogP contribution in [0.3, 0.4) is 0 Å². The Kier molecular flexibility index (Phi) is 2.64. The molecule has 0 unspecified atom stereocenters. The van der Waals surface area contributed by atoms with Gasteiger partial charge in [0.15, 0.2) is 0 Å². The van der Waals surface area contributed by atoms with E-state index in [2.05, 4.69) is 31.1 Å². The van der Waals surface area contributed by atoms with Crippen molar-refractivity contribution in [2.45, 2.75) is 20.4 Å². The second-order valence-corrected chi connectivity index (χ2v) is 4.10. The largest absolute Gasteiger partial charge is 0.345 e. The van der Waals surface area contributed by atoms with E-state index in [1.54, 1.807) is 7.05 Å².